The highest BCUT2D eigenvalue weighted by molar-refractivity contribution is 6.07. The number of carbonyl (C=O) groups excluding carboxylic acids is 1. The van der Waals surface area contributed by atoms with Crippen LogP contribution < -0.4 is 10.1 Å². The van der Waals surface area contributed by atoms with Gasteiger partial charge in [0.2, 0.25) is 0 Å². The van der Waals surface area contributed by atoms with E-state index in [0.717, 1.165) is 0 Å². The van der Waals surface area contributed by atoms with Crippen LogP contribution in [0.5, 0.6) is 5.75 Å². The van der Waals surface area contributed by atoms with Gasteiger partial charge >= 0.3 is 5.97 Å². The van der Waals surface area contributed by atoms with E-state index in [9.17, 15) is 14.7 Å². The third kappa shape index (κ3) is 3.17. The fraction of sp³-hybridized carbons (Fsp3) is 0.133. The predicted molar refractivity (Wildman–Crippen MR) is 76.9 cm³/mol. The zero-order valence-corrected chi connectivity index (χ0v) is 11.6. The van der Waals surface area contributed by atoms with Crippen LogP contribution in [-0.4, -0.2) is 29.1 Å². The monoisotopic (exact) mass is 286 g/mol. The number of rotatable bonds is 4. The van der Waals surface area contributed by atoms with Gasteiger partial charge in [-0.15, -0.1) is 0 Å². The number of carboxylic acid groups (broad SMARTS) is 1. The molecule has 1 aromatic carbocycles. The third-order valence-electron chi connectivity index (χ3n) is 2.93. The summed E-state index contributed by atoms with van der Waals surface area (Å²) < 4.78 is 4.98. The molecule has 0 bridgehead atoms. The summed E-state index contributed by atoms with van der Waals surface area (Å²) in [6.07, 6.45) is 1.51. The molecule has 1 aromatic heterocycles. The topological polar surface area (TPSA) is 88.5 Å². The number of aromatic nitrogens is 1. The fourth-order valence-corrected chi connectivity index (χ4v) is 1.84. The summed E-state index contributed by atoms with van der Waals surface area (Å²) in [5.74, 6) is -1.21. The molecule has 0 aliphatic heterocycles. The molecule has 21 heavy (non-hydrogen) atoms. The summed E-state index contributed by atoms with van der Waals surface area (Å²) >= 11 is 0. The SMILES string of the molecule is COc1ccc(NC(=O)c2ncccc2C)c(C(=O)O)c1. The Hall–Kier alpha value is -2.89. The van der Waals surface area contributed by atoms with E-state index in [1.807, 2.05) is 0 Å². The maximum atomic E-state index is 12.2. The number of pyridine rings is 1. The quantitative estimate of drug-likeness (QED) is 0.900. The molecule has 6 nitrogen and oxygen atoms in total. The lowest BCUT2D eigenvalue weighted by molar-refractivity contribution is 0.0697. The van der Waals surface area contributed by atoms with Crippen LogP contribution in [0, 0.1) is 6.92 Å². The number of methoxy groups -OCH3 is 1. The van der Waals surface area contributed by atoms with E-state index >= 15 is 0 Å². The number of nitrogens with one attached hydrogen (secondary N) is 1. The first-order valence-corrected chi connectivity index (χ1v) is 6.17. The Morgan fingerprint density at radius 3 is 2.67 bits per heavy atom. The number of aryl methyl sites for hydroxylation is 1. The maximum Gasteiger partial charge on any atom is 0.337 e. The molecule has 0 saturated heterocycles. The van der Waals surface area contributed by atoms with Gasteiger partial charge in [0.25, 0.3) is 5.91 Å². The number of benzene rings is 1. The molecule has 0 unspecified atom stereocenters. The fourth-order valence-electron chi connectivity index (χ4n) is 1.84. The summed E-state index contributed by atoms with van der Waals surface area (Å²) in [7, 11) is 1.44. The van der Waals surface area contributed by atoms with Gasteiger partial charge in [0.15, 0.2) is 0 Å². The smallest absolute Gasteiger partial charge is 0.337 e. The number of aromatic carboxylic acids is 1. The molecular weight excluding hydrogens is 272 g/mol. The minimum atomic E-state index is -1.15. The molecule has 6 heteroatoms. The van der Waals surface area contributed by atoms with Gasteiger partial charge in [-0.3, -0.25) is 9.78 Å². The van der Waals surface area contributed by atoms with Crippen molar-refractivity contribution in [2.45, 2.75) is 6.92 Å². The Labute approximate surface area is 121 Å². The molecule has 1 amide bonds. The number of anilines is 1. The predicted octanol–water partition coefficient (Wildman–Crippen LogP) is 2.35. The molecule has 2 rings (SSSR count). The molecule has 108 valence electrons. The van der Waals surface area contributed by atoms with Crippen molar-refractivity contribution in [2.75, 3.05) is 12.4 Å². The largest absolute Gasteiger partial charge is 0.497 e. The number of hydrogen-bond acceptors (Lipinski definition) is 4. The number of carbonyl (C=O) groups is 2. The minimum absolute atomic E-state index is 0.0451. The second-order valence-corrected chi connectivity index (χ2v) is 4.34. The van der Waals surface area contributed by atoms with Crippen LogP contribution in [0.15, 0.2) is 36.5 Å². The number of carboxylic acids is 1. The zero-order chi connectivity index (χ0) is 15.4. The average Bonchev–Trinajstić information content (AvgIpc) is 2.47. The Balaban J connectivity index is 2.33. The van der Waals surface area contributed by atoms with Crippen molar-refractivity contribution in [1.29, 1.82) is 0 Å². The third-order valence-corrected chi connectivity index (χ3v) is 2.93. The molecule has 0 aliphatic carbocycles. The standard InChI is InChI=1S/C15H14N2O4/c1-9-4-3-7-16-13(9)14(18)17-12-6-5-10(21-2)8-11(12)15(19)20/h3-8H,1-2H3,(H,17,18)(H,19,20). The molecule has 2 N–H and O–H groups in total. The highest BCUT2D eigenvalue weighted by Crippen LogP contribution is 2.22. The molecule has 2 aromatic rings. The van der Waals surface area contributed by atoms with Crippen molar-refractivity contribution < 1.29 is 19.4 Å². The summed E-state index contributed by atoms with van der Waals surface area (Å²) in [6.45, 7) is 1.76. The van der Waals surface area contributed by atoms with E-state index in [-0.39, 0.29) is 16.9 Å². The Morgan fingerprint density at radius 1 is 1.29 bits per heavy atom. The van der Waals surface area contributed by atoms with Crippen molar-refractivity contribution in [3.05, 3.63) is 53.3 Å². The van der Waals surface area contributed by atoms with Crippen molar-refractivity contribution in [3.8, 4) is 5.75 Å². The van der Waals surface area contributed by atoms with E-state index in [2.05, 4.69) is 10.3 Å². The van der Waals surface area contributed by atoms with Crippen LogP contribution in [0.25, 0.3) is 0 Å². The van der Waals surface area contributed by atoms with Gasteiger partial charge in [-0.1, -0.05) is 6.07 Å². The second-order valence-electron chi connectivity index (χ2n) is 4.34. The van der Waals surface area contributed by atoms with Crippen molar-refractivity contribution in [1.82, 2.24) is 4.98 Å². The van der Waals surface area contributed by atoms with Crippen LogP contribution in [-0.2, 0) is 0 Å². The molecule has 0 radical (unpaired) electrons. The first-order valence-electron chi connectivity index (χ1n) is 6.17. The highest BCUT2D eigenvalue weighted by Gasteiger charge is 2.16. The summed E-state index contributed by atoms with van der Waals surface area (Å²) in [4.78, 5) is 27.4. The van der Waals surface area contributed by atoms with Gasteiger partial charge in [0.1, 0.15) is 11.4 Å². The van der Waals surface area contributed by atoms with E-state index in [0.29, 0.717) is 11.3 Å². The first-order chi connectivity index (χ1) is 10.0. The Morgan fingerprint density at radius 2 is 2.05 bits per heavy atom. The van der Waals surface area contributed by atoms with Gasteiger partial charge in [0, 0.05) is 6.20 Å². The molecule has 0 atom stereocenters. The summed E-state index contributed by atoms with van der Waals surface area (Å²) in [6, 6.07) is 7.89. The zero-order valence-electron chi connectivity index (χ0n) is 11.6. The number of hydrogen-bond donors (Lipinski definition) is 2. The van der Waals surface area contributed by atoms with Crippen LogP contribution in [0.3, 0.4) is 0 Å². The molecule has 0 fully saturated rings. The molecule has 0 spiro atoms. The minimum Gasteiger partial charge on any atom is -0.497 e. The Bertz CT molecular complexity index is 698. The highest BCUT2D eigenvalue weighted by atomic mass is 16.5. The van der Waals surface area contributed by atoms with Crippen LogP contribution in [0.2, 0.25) is 0 Å². The van der Waals surface area contributed by atoms with Gasteiger partial charge in [-0.05, 0) is 36.8 Å². The van der Waals surface area contributed by atoms with Gasteiger partial charge in [0.05, 0.1) is 18.4 Å². The summed E-state index contributed by atoms with van der Waals surface area (Å²) in [5.41, 5.74) is 1.11. The molecule has 0 saturated carbocycles. The van der Waals surface area contributed by atoms with Gasteiger partial charge in [-0.25, -0.2) is 4.79 Å². The molecule has 0 aliphatic rings. The summed E-state index contributed by atoms with van der Waals surface area (Å²) in [5, 5.41) is 11.8. The number of ether oxygens (including phenoxy) is 1. The van der Waals surface area contributed by atoms with E-state index in [1.54, 1.807) is 25.1 Å². The van der Waals surface area contributed by atoms with Crippen molar-refractivity contribution in [3.63, 3.8) is 0 Å². The lowest BCUT2D eigenvalue weighted by Gasteiger charge is -2.10. The second kappa shape index (κ2) is 6.04. The van der Waals surface area contributed by atoms with Crippen LogP contribution in [0.4, 0.5) is 5.69 Å². The number of nitrogens with zero attached hydrogens (tertiary/aromatic N) is 1. The molecule has 1 heterocycles. The maximum absolute atomic E-state index is 12.2. The van der Waals surface area contributed by atoms with Gasteiger partial charge < -0.3 is 15.2 Å². The lowest BCUT2D eigenvalue weighted by Crippen LogP contribution is -2.17. The van der Waals surface area contributed by atoms with Crippen LogP contribution in [0.1, 0.15) is 26.4 Å². The van der Waals surface area contributed by atoms with Crippen molar-refractivity contribution in [2.24, 2.45) is 0 Å². The lowest BCUT2D eigenvalue weighted by atomic mass is 10.1. The van der Waals surface area contributed by atoms with E-state index in [4.69, 9.17) is 4.74 Å². The molecular formula is C15H14N2O4. The van der Waals surface area contributed by atoms with E-state index in [1.165, 1.54) is 25.4 Å². The Kier molecular flexibility index (Phi) is 4.18. The number of amides is 1. The van der Waals surface area contributed by atoms with E-state index < -0.39 is 11.9 Å². The average molecular weight is 286 g/mol. The first kappa shape index (κ1) is 14.5. The van der Waals surface area contributed by atoms with Crippen molar-refractivity contribution >= 4 is 17.6 Å². The van der Waals surface area contributed by atoms with Gasteiger partial charge in [-0.2, -0.15) is 0 Å². The van der Waals surface area contributed by atoms with Crippen LogP contribution >= 0.6 is 0 Å². The normalized spacial score (nSPS) is 10.0.